The summed E-state index contributed by atoms with van der Waals surface area (Å²) >= 11 is 0. The first-order valence-corrected chi connectivity index (χ1v) is 7.22. The molecule has 0 bridgehead atoms. The van der Waals surface area contributed by atoms with Crippen LogP contribution in [0.15, 0.2) is 24.3 Å². The first-order chi connectivity index (χ1) is 9.07. The Hall–Kier alpha value is -1.06. The summed E-state index contributed by atoms with van der Waals surface area (Å²) in [5.74, 6) is 0.796. The van der Waals surface area contributed by atoms with Crippen molar-refractivity contribution in [3.05, 3.63) is 29.8 Å². The first-order valence-electron chi connectivity index (χ1n) is 7.22. The van der Waals surface area contributed by atoms with E-state index in [-0.39, 0.29) is 5.54 Å². The van der Waals surface area contributed by atoms with E-state index in [4.69, 9.17) is 4.74 Å². The second kappa shape index (κ2) is 5.93. The molecule has 1 aromatic rings. The van der Waals surface area contributed by atoms with Crippen LogP contribution in [0.1, 0.15) is 45.3 Å². The van der Waals surface area contributed by atoms with Crippen LogP contribution in [0.25, 0.3) is 0 Å². The lowest BCUT2D eigenvalue weighted by molar-refractivity contribution is -0.000160. The molecule has 3 nitrogen and oxygen atoms in total. The number of aliphatic hydroxyl groups is 1. The average Bonchev–Trinajstić information content (AvgIpc) is 2.93. The summed E-state index contributed by atoms with van der Waals surface area (Å²) in [6.45, 7) is 8.96. The number of ether oxygens (including phenoxy) is 1. The minimum Gasteiger partial charge on any atom is -0.493 e. The second-order valence-corrected chi connectivity index (χ2v) is 5.72. The molecule has 0 aromatic heterocycles. The van der Waals surface area contributed by atoms with Gasteiger partial charge in [-0.2, -0.15) is 0 Å². The van der Waals surface area contributed by atoms with Gasteiger partial charge in [-0.25, -0.2) is 0 Å². The zero-order valence-corrected chi connectivity index (χ0v) is 12.2. The van der Waals surface area contributed by atoms with Gasteiger partial charge >= 0.3 is 0 Å². The molecule has 1 saturated heterocycles. The van der Waals surface area contributed by atoms with Crippen LogP contribution >= 0.6 is 0 Å². The molecule has 0 aliphatic carbocycles. The van der Waals surface area contributed by atoms with Crippen molar-refractivity contribution < 1.29 is 9.84 Å². The molecule has 2 rings (SSSR count). The van der Waals surface area contributed by atoms with E-state index in [9.17, 15) is 5.11 Å². The molecule has 1 aromatic carbocycles. The Morgan fingerprint density at radius 2 is 1.89 bits per heavy atom. The topological polar surface area (TPSA) is 32.7 Å². The molecule has 1 aliphatic heterocycles. The third-order valence-electron chi connectivity index (χ3n) is 4.10. The van der Waals surface area contributed by atoms with Gasteiger partial charge < -0.3 is 9.84 Å². The minimum atomic E-state index is -0.534. The van der Waals surface area contributed by atoms with Crippen molar-refractivity contribution in [2.24, 2.45) is 0 Å². The minimum absolute atomic E-state index is 0.260. The lowest BCUT2D eigenvalue weighted by Crippen LogP contribution is -2.46. The quantitative estimate of drug-likeness (QED) is 0.886. The fourth-order valence-corrected chi connectivity index (χ4v) is 2.84. The van der Waals surface area contributed by atoms with E-state index in [2.05, 4.69) is 18.7 Å². The molecule has 1 aliphatic rings. The Bertz CT molecular complexity index is 411. The summed E-state index contributed by atoms with van der Waals surface area (Å²) in [6.07, 6.45) is 1.92. The molecule has 106 valence electrons. The molecule has 1 atom stereocenters. The van der Waals surface area contributed by atoms with E-state index in [0.29, 0.717) is 6.61 Å². The van der Waals surface area contributed by atoms with Gasteiger partial charge in [0, 0.05) is 11.1 Å². The molecule has 1 unspecified atom stereocenters. The normalized spacial score (nSPS) is 18.5. The lowest BCUT2D eigenvalue weighted by atomic mass is 9.89. The molecule has 0 spiro atoms. The Labute approximate surface area is 116 Å². The molecule has 0 saturated carbocycles. The van der Waals surface area contributed by atoms with Crippen LogP contribution in [0.3, 0.4) is 0 Å². The van der Waals surface area contributed by atoms with Crippen LogP contribution in [0, 0.1) is 0 Å². The summed E-state index contributed by atoms with van der Waals surface area (Å²) in [7, 11) is 0. The van der Waals surface area contributed by atoms with Crippen molar-refractivity contribution in [2.45, 2.75) is 45.3 Å². The molecular formula is C16H25NO2. The fraction of sp³-hybridized carbons (Fsp3) is 0.625. The van der Waals surface area contributed by atoms with Crippen LogP contribution in [0.2, 0.25) is 0 Å². The van der Waals surface area contributed by atoms with Crippen molar-refractivity contribution in [1.82, 2.24) is 4.90 Å². The van der Waals surface area contributed by atoms with Crippen molar-refractivity contribution >= 4 is 0 Å². The van der Waals surface area contributed by atoms with E-state index < -0.39 is 6.10 Å². The molecular weight excluding hydrogens is 238 g/mol. The largest absolute Gasteiger partial charge is 0.493 e. The molecule has 1 heterocycles. The highest BCUT2D eigenvalue weighted by Crippen LogP contribution is 2.37. The van der Waals surface area contributed by atoms with Gasteiger partial charge in [0.05, 0.1) is 6.61 Å². The van der Waals surface area contributed by atoms with E-state index in [1.165, 1.54) is 12.8 Å². The maximum atomic E-state index is 10.8. The Balaban J connectivity index is 2.24. The summed E-state index contributed by atoms with van der Waals surface area (Å²) in [5.41, 5.74) is 0.630. The monoisotopic (exact) mass is 263 g/mol. The predicted molar refractivity (Wildman–Crippen MR) is 77.5 cm³/mol. The summed E-state index contributed by atoms with van der Waals surface area (Å²) in [6, 6.07) is 7.81. The number of para-hydroxylation sites is 1. The highest BCUT2D eigenvalue weighted by atomic mass is 16.5. The van der Waals surface area contributed by atoms with Gasteiger partial charge in [0.25, 0.3) is 0 Å². The molecule has 0 radical (unpaired) electrons. The van der Waals surface area contributed by atoms with Gasteiger partial charge in [0.15, 0.2) is 0 Å². The standard InChI is InChI=1S/C16H25NO2/c1-4-19-14-10-6-5-9-13(14)15(18)16(2,3)17-11-7-8-12-17/h5-6,9-10,15,18H,4,7-8,11-12H2,1-3H3. The van der Waals surface area contributed by atoms with Crippen molar-refractivity contribution in [1.29, 1.82) is 0 Å². The predicted octanol–water partition coefficient (Wildman–Crippen LogP) is 2.99. The molecule has 0 amide bonds. The zero-order valence-electron chi connectivity index (χ0n) is 12.2. The van der Waals surface area contributed by atoms with Gasteiger partial charge in [-0.05, 0) is 52.8 Å². The van der Waals surface area contributed by atoms with Gasteiger partial charge in [0.2, 0.25) is 0 Å². The van der Waals surface area contributed by atoms with E-state index in [1.54, 1.807) is 0 Å². The number of hydrogen-bond acceptors (Lipinski definition) is 3. The summed E-state index contributed by atoms with van der Waals surface area (Å²) in [5, 5.41) is 10.8. The highest BCUT2D eigenvalue weighted by Gasteiger charge is 2.37. The molecule has 1 fully saturated rings. The Morgan fingerprint density at radius 1 is 1.26 bits per heavy atom. The fourth-order valence-electron chi connectivity index (χ4n) is 2.84. The van der Waals surface area contributed by atoms with Crippen molar-refractivity contribution in [3.8, 4) is 5.75 Å². The number of aliphatic hydroxyl groups excluding tert-OH is 1. The van der Waals surface area contributed by atoms with Crippen LogP contribution in [0.4, 0.5) is 0 Å². The van der Waals surface area contributed by atoms with Crippen molar-refractivity contribution in [3.63, 3.8) is 0 Å². The zero-order chi connectivity index (χ0) is 13.9. The van der Waals surface area contributed by atoms with Crippen LogP contribution < -0.4 is 4.74 Å². The van der Waals surface area contributed by atoms with Crippen LogP contribution in [-0.4, -0.2) is 35.2 Å². The lowest BCUT2D eigenvalue weighted by Gasteiger charge is -2.40. The highest BCUT2D eigenvalue weighted by molar-refractivity contribution is 5.36. The van der Waals surface area contributed by atoms with E-state index in [0.717, 1.165) is 24.4 Å². The third kappa shape index (κ3) is 2.93. The maximum absolute atomic E-state index is 10.8. The average molecular weight is 263 g/mol. The maximum Gasteiger partial charge on any atom is 0.125 e. The number of nitrogens with zero attached hydrogens (tertiary/aromatic N) is 1. The van der Waals surface area contributed by atoms with Gasteiger partial charge in [-0.1, -0.05) is 18.2 Å². The van der Waals surface area contributed by atoms with Crippen LogP contribution in [0.5, 0.6) is 5.75 Å². The first kappa shape index (κ1) is 14.4. The Morgan fingerprint density at radius 3 is 2.53 bits per heavy atom. The third-order valence-corrected chi connectivity index (χ3v) is 4.10. The van der Waals surface area contributed by atoms with E-state index in [1.807, 2.05) is 31.2 Å². The molecule has 19 heavy (non-hydrogen) atoms. The number of rotatable bonds is 5. The van der Waals surface area contributed by atoms with E-state index >= 15 is 0 Å². The smallest absolute Gasteiger partial charge is 0.125 e. The SMILES string of the molecule is CCOc1ccccc1C(O)C(C)(C)N1CCCC1. The second-order valence-electron chi connectivity index (χ2n) is 5.72. The Kier molecular flexibility index (Phi) is 4.48. The van der Waals surface area contributed by atoms with Gasteiger partial charge in [0.1, 0.15) is 11.9 Å². The number of likely N-dealkylation sites (tertiary alicyclic amines) is 1. The van der Waals surface area contributed by atoms with Crippen molar-refractivity contribution in [2.75, 3.05) is 19.7 Å². The molecule has 1 N–H and O–H groups in total. The summed E-state index contributed by atoms with van der Waals surface area (Å²) < 4.78 is 5.64. The van der Waals surface area contributed by atoms with Crippen LogP contribution in [-0.2, 0) is 0 Å². The summed E-state index contributed by atoms with van der Waals surface area (Å²) in [4.78, 5) is 2.38. The number of benzene rings is 1. The van der Waals surface area contributed by atoms with Gasteiger partial charge in [-0.15, -0.1) is 0 Å². The van der Waals surface area contributed by atoms with Gasteiger partial charge in [-0.3, -0.25) is 4.90 Å². The number of hydrogen-bond donors (Lipinski definition) is 1. The molecule has 3 heteroatoms.